The SMILES string of the molecule is CC\C=C/C=C\C=C\C(N)CCC(CSI)C1CCCCC1. The minimum atomic E-state index is 0.199. The summed E-state index contributed by atoms with van der Waals surface area (Å²) in [6.45, 7) is 2.15. The second-order valence-electron chi connectivity index (χ2n) is 6.28. The van der Waals surface area contributed by atoms with E-state index >= 15 is 0 Å². The Labute approximate surface area is 153 Å². The Morgan fingerprint density at radius 1 is 1.09 bits per heavy atom. The van der Waals surface area contributed by atoms with Crippen LogP contribution in [0, 0.1) is 11.8 Å². The topological polar surface area (TPSA) is 26.0 Å². The molecule has 1 nitrogen and oxygen atoms in total. The fourth-order valence-electron chi connectivity index (χ4n) is 3.19. The lowest BCUT2D eigenvalue weighted by atomic mass is 9.78. The Morgan fingerprint density at radius 3 is 2.50 bits per heavy atom. The van der Waals surface area contributed by atoms with Gasteiger partial charge < -0.3 is 5.73 Å². The molecule has 0 spiro atoms. The number of hydrogen-bond acceptors (Lipinski definition) is 2. The zero-order valence-corrected chi connectivity index (χ0v) is 16.9. The highest BCUT2D eigenvalue weighted by molar-refractivity contribution is 14.2. The van der Waals surface area contributed by atoms with Crippen LogP contribution in [0.15, 0.2) is 36.5 Å². The molecule has 126 valence electrons. The fraction of sp³-hybridized carbons (Fsp3) is 0.684. The quantitative estimate of drug-likeness (QED) is 0.316. The molecule has 0 radical (unpaired) electrons. The number of nitrogens with two attached hydrogens (primary N) is 1. The zero-order valence-electron chi connectivity index (χ0n) is 13.9. The summed E-state index contributed by atoms with van der Waals surface area (Å²) < 4.78 is 0. The first kappa shape index (κ1) is 20.3. The third kappa shape index (κ3) is 9.41. The van der Waals surface area contributed by atoms with E-state index in [1.54, 1.807) is 0 Å². The lowest BCUT2D eigenvalue weighted by molar-refractivity contribution is 0.251. The second-order valence-corrected chi connectivity index (χ2v) is 8.70. The summed E-state index contributed by atoms with van der Waals surface area (Å²) >= 11 is 2.45. The predicted octanol–water partition coefficient (Wildman–Crippen LogP) is 6.45. The molecule has 1 aliphatic rings. The summed E-state index contributed by atoms with van der Waals surface area (Å²) in [6, 6.07) is 0.199. The molecule has 0 aliphatic heterocycles. The van der Waals surface area contributed by atoms with Gasteiger partial charge in [0.25, 0.3) is 0 Å². The van der Waals surface area contributed by atoms with Crippen LogP contribution in [0.1, 0.15) is 58.3 Å². The molecule has 0 heterocycles. The van der Waals surface area contributed by atoms with Crippen LogP contribution in [-0.4, -0.2) is 11.8 Å². The maximum absolute atomic E-state index is 6.24. The van der Waals surface area contributed by atoms with E-state index in [2.05, 4.69) is 64.6 Å². The van der Waals surface area contributed by atoms with Crippen molar-refractivity contribution in [3.05, 3.63) is 36.5 Å². The molecule has 2 N–H and O–H groups in total. The van der Waals surface area contributed by atoms with E-state index in [0.717, 1.165) is 24.7 Å². The smallest absolute Gasteiger partial charge is 0.0226 e. The Kier molecular flexibility index (Phi) is 12.6. The summed E-state index contributed by atoms with van der Waals surface area (Å²) in [5.41, 5.74) is 6.24. The lowest BCUT2D eigenvalue weighted by Crippen LogP contribution is -2.24. The van der Waals surface area contributed by atoms with Gasteiger partial charge in [-0.05, 0) is 52.3 Å². The van der Waals surface area contributed by atoms with E-state index < -0.39 is 0 Å². The van der Waals surface area contributed by atoms with Crippen LogP contribution in [0.4, 0.5) is 0 Å². The van der Waals surface area contributed by atoms with E-state index in [4.69, 9.17) is 5.73 Å². The third-order valence-electron chi connectivity index (χ3n) is 4.53. The average Bonchev–Trinajstić information content (AvgIpc) is 2.55. The Balaban J connectivity index is 2.31. The molecule has 1 rings (SSSR count). The standard InChI is InChI=1S/C19H32INS/c1-2-3-4-5-6-10-13-19(21)15-14-18(16-22-20)17-11-8-7-9-12-17/h3-6,10,13,17-19H,2,7-9,11-12,14-16,21H2,1H3/b4-3-,6-5-,13-10+. The van der Waals surface area contributed by atoms with Gasteiger partial charge in [-0.1, -0.05) is 84.4 Å². The Bertz CT molecular complexity index is 345. The molecule has 0 bridgehead atoms. The second kappa shape index (κ2) is 13.7. The van der Waals surface area contributed by atoms with Gasteiger partial charge in [0.2, 0.25) is 0 Å². The van der Waals surface area contributed by atoms with Crippen LogP contribution >= 0.6 is 30.1 Å². The first-order valence-electron chi connectivity index (χ1n) is 8.77. The monoisotopic (exact) mass is 433 g/mol. The van der Waals surface area contributed by atoms with E-state index in [0.29, 0.717) is 0 Å². The molecule has 0 saturated heterocycles. The van der Waals surface area contributed by atoms with Crippen LogP contribution < -0.4 is 5.73 Å². The van der Waals surface area contributed by atoms with Crippen molar-refractivity contribution in [2.75, 3.05) is 5.75 Å². The Morgan fingerprint density at radius 2 is 1.82 bits per heavy atom. The van der Waals surface area contributed by atoms with Crippen molar-refractivity contribution in [1.29, 1.82) is 0 Å². The summed E-state index contributed by atoms with van der Waals surface area (Å²) in [5.74, 6) is 3.11. The molecule has 3 heteroatoms. The summed E-state index contributed by atoms with van der Waals surface area (Å²) in [5, 5.41) is 0. The van der Waals surface area contributed by atoms with Crippen LogP contribution in [0.2, 0.25) is 0 Å². The van der Waals surface area contributed by atoms with Crippen LogP contribution in [0.5, 0.6) is 0 Å². The third-order valence-corrected chi connectivity index (χ3v) is 6.16. The van der Waals surface area contributed by atoms with Crippen LogP contribution in [-0.2, 0) is 0 Å². The molecule has 1 saturated carbocycles. The first-order valence-corrected chi connectivity index (χ1v) is 12.3. The highest BCUT2D eigenvalue weighted by Gasteiger charge is 2.23. The molecular weight excluding hydrogens is 401 g/mol. The first-order chi connectivity index (χ1) is 10.8. The van der Waals surface area contributed by atoms with Crippen molar-refractivity contribution in [1.82, 2.24) is 0 Å². The minimum Gasteiger partial charge on any atom is -0.324 e. The van der Waals surface area contributed by atoms with Gasteiger partial charge in [0.15, 0.2) is 0 Å². The summed E-state index contributed by atoms with van der Waals surface area (Å²) in [4.78, 5) is 0. The van der Waals surface area contributed by atoms with Gasteiger partial charge >= 0.3 is 0 Å². The van der Waals surface area contributed by atoms with Gasteiger partial charge in [-0.15, -0.1) is 0 Å². The Hall–Kier alpha value is 0.260. The maximum atomic E-state index is 6.24. The molecule has 0 aromatic carbocycles. The van der Waals surface area contributed by atoms with Gasteiger partial charge in [-0.2, -0.15) is 0 Å². The summed E-state index contributed by atoms with van der Waals surface area (Å²) in [7, 11) is 1.98. The normalized spacial score (nSPS) is 20.3. The van der Waals surface area contributed by atoms with Crippen molar-refractivity contribution in [2.45, 2.75) is 64.3 Å². The van der Waals surface area contributed by atoms with Gasteiger partial charge in [0.1, 0.15) is 0 Å². The van der Waals surface area contributed by atoms with E-state index in [1.807, 2.05) is 8.93 Å². The van der Waals surface area contributed by atoms with E-state index in [-0.39, 0.29) is 6.04 Å². The van der Waals surface area contributed by atoms with Crippen LogP contribution in [0.25, 0.3) is 0 Å². The number of allylic oxidation sites excluding steroid dienone is 5. The highest BCUT2D eigenvalue weighted by atomic mass is 127. The average molecular weight is 433 g/mol. The van der Waals surface area contributed by atoms with Crippen molar-refractivity contribution in [2.24, 2.45) is 17.6 Å². The van der Waals surface area contributed by atoms with Crippen molar-refractivity contribution >= 4 is 30.1 Å². The number of rotatable bonds is 10. The van der Waals surface area contributed by atoms with Gasteiger partial charge in [0, 0.05) is 11.8 Å². The van der Waals surface area contributed by atoms with E-state index in [9.17, 15) is 0 Å². The molecule has 0 aromatic rings. The molecule has 22 heavy (non-hydrogen) atoms. The minimum absolute atomic E-state index is 0.199. The molecule has 1 aliphatic carbocycles. The molecular formula is C19H32INS. The van der Waals surface area contributed by atoms with Crippen molar-refractivity contribution < 1.29 is 0 Å². The molecule has 0 amide bonds. The van der Waals surface area contributed by atoms with Crippen molar-refractivity contribution in [3.8, 4) is 0 Å². The predicted molar refractivity (Wildman–Crippen MR) is 111 cm³/mol. The molecule has 0 aromatic heterocycles. The molecule has 1 fully saturated rings. The van der Waals surface area contributed by atoms with Crippen LogP contribution in [0.3, 0.4) is 0 Å². The fourth-order valence-corrected chi connectivity index (χ4v) is 5.18. The molecule has 2 unspecified atom stereocenters. The van der Waals surface area contributed by atoms with Gasteiger partial charge in [-0.3, -0.25) is 0 Å². The van der Waals surface area contributed by atoms with Gasteiger partial charge in [0.05, 0.1) is 0 Å². The molecule has 2 atom stereocenters. The zero-order chi connectivity index (χ0) is 16.0. The largest absolute Gasteiger partial charge is 0.324 e. The highest BCUT2D eigenvalue weighted by Crippen LogP contribution is 2.35. The number of halogens is 1. The summed E-state index contributed by atoms with van der Waals surface area (Å²) in [6.07, 6.45) is 23.3. The van der Waals surface area contributed by atoms with E-state index in [1.165, 1.54) is 44.3 Å². The number of hydrogen-bond donors (Lipinski definition) is 1. The van der Waals surface area contributed by atoms with Gasteiger partial charge in [-0.25, -0.2) is 0 Å². The maximum Gasteiger partial charge on any atom is 0.0226 e. The lowest BCUT2D eigenvalue weighted by Gasteiger charge is -2.30. The van der Waals surface area contributed by atoms with Crippen molar-refractivity contribution in [3.63, 3.8) is 0 Å².